The predicted octanol–water partition coefficient (Wildman–Crippen LogP) is 6.94. The number of carbonyl (C=O) groups excluding carboxylic acids is 1. The van der Waals surface area contributed by atoms with Gasteiger partial charge in [-0.05, 0) is 71.6 Å². The van der Waals surface area contributed by atoms with Gasteiger partial charge in [0.15, 0.2) is 11.6 Å². The summed E-state index contributed by atoms with van der Waals surface area (Å²) >= 11 is 3.53. The molecule has 0 aliphatic carbocycles. The van der Waals surface area contributed by atoms with E-state index in [0.717, 1.165) is 32.5 Å². The van der Waals surface area contributed by atoms with E-state index in [-0.39, 0.29) is 12.5 Å². The van der Waals surface area contributed by atoms with Crippen molar-refractivity contribution in [1.82, 2.24) is 5.32 Å². The fourth-order valence-electron chi connectivity index (χ4n) is 5.19. The highest BCUT2D eigenvalue weighted by Gasteiger charge is 2.52. The monoisotopic (exact) mass is 668 g/mol. The number of carbonyl (C=O) groups is 1. The first-order chi connectivity index (χ1) is 22.0. The van der Waals surface area contributed by atoms with E-state index in [9.17, 15) is 4.79 Å². The quantitative estimate of drug-likeness (QED) is 0.142. The highest BCUT2D eigenvalue weighted by atomic mass is 79.9. The number of benzene rings is 4. The maximum atomic E-state index is 14.3. The first-order valence-electron chi connectivity index (χ1n) is 15.0. The van der Waals surface area contributed by atoms with Crippen LogP contribution in [-0.4, -0.2) is 49.3 Å². The van der Waals surface area contributed by atoms with E-state index in [0.29, 0.717) is 44.1 Å². The standard InChI is InChI=1S/C37H37BrN2O5/c1-43-33-12-5-10-28(26-33)21-23-39-36(42)37(22-6-11-27-8-3-2-4-9-27)34(29-13-17-31(38)18-14-29)45-35(40-37)30-15-19-32(20-16-30)44-25-7-24-41/h2-6,8-20,26,34,41H,7,21-25H2,1H3,(H,39,42)/b11-6+/t34-,37-/m1/s1. The third kappa shape index (κ3) is 8.21. The molecule has 4 aromatic rings. The van der Waals surface area contributed by atoms with Crippen molar-refractivity contribution in [2.75, 3.05) is 26.9 Å². The number of amides is 1. The number of aliphatic imine (C=N–C) groups is 1. The molecular formula is C37H37BrN2O5. The molecule has 1 heterocycles. The zero-order valence-corrected chi connectivity index (χ0v) is 26.8. The van der Waals surface area contributed by atoms with Crippen LogP contribution in [0.15, 0.2) is 119 Å². The van der Waals surface area contributed by atoms with Gasteiger partial charge in [-0.3, -0.25) is 4.79 Å². The molecule has 1 amide bonds. The van der Waals surface area contributed by atoms with Crippen LogP contribution in [-0.2, 0) is 16.0 Å². The molecular weight excluding hydrogens is 632 g/mol. The molecule has 1 aliphatic heterocycles. The molecule has 0 saturated carbocycles. The molecule has 2 N–H and O–H groups in total. The second-order valence-electron chi connectivity index (χ2n) is 10.7. The Morgan fingerprint density at radius 2 is 1.78 bits per heavy atom. The van der Waals surface area contributed by atoms with E-state index >= 15 is 0 Å². The number of aliphatic hydroxyl groups excluding tert-OH is 1. The third-order valence-corrected chi connectivity index (χ3v) is 8.10. The third-order valence-electron chi connectivity index (χ3n) is 7.57. The molecule has 8 heteroatoms. The Morgan fingerprint density at radius 3 is 2.51 bits per heavy atom. The largest absolute Gasteiger partial charge is 0.497 e. The average molecular weight is 670 g/mol. The molecule has 232 valence electrons. The van der Waals surface area contributed by atoms with Gasteiger partial charge in [-0.1, -0.05) is 82.7 Å². The number of nitrogens with one attached hydrogen (secondary N) is 1. The van der Waals surface area contributed by atoms with Gasteiger partial charge in [-0.2, -0.15) is 0 Å². The molecule has 0 fully saturated rings. The highest BCUT2D eigenvalue weighted by molar-refractivity contribution is 9.10. The van der Waals surface area contributed by atoms with Crippen LogP contribution in [0.5, 0.6) is 11.5 Å². The Bertz CT molecular complexity index is 1610. The maximum absolute atomic E-state index is 14.3. The lowest BCUT2D eigenvalue weighted by atomic mass is 9.84. The van der Waals surface area contributed by atoms with Gasteiger partial charge < -0.3 is 24.6 Å². The first kappa shape index (κ1) is 32.0. The van der Waals surface area contributed by atoms with Crippen LogP contribution in [0.2, 0.25) is 0 Å². The summed E-state index contributed by atoms with van der Waals surface area (Å²) in [6.45, 7) is 0.919. The molecule has 1 aliphatic rings. The Morgan fingerprint density at radius 1 is 1.00 bits per heavy atom. The molecule has 7 nitrogen and oxygen atoms in total. The fourth-order valence-corrected chi connectivity index (χ4v) is 5.46. The van der Waals surface area contributed by atoms with Gasteiger partial charge in [0, 0.05) is 36.0 Å². The summed E-state index contributed by atoms with van der Waals surface area (Å²) in [6, 6.07) is 33.1. The van der Waals surface area contributed by atoms with Crippen molar-refractivity contribution in [2.45, 2.75) is 30.9 Å². The molecule has 0 aromatic heterocycles. The van der Waals surface area contributed by atoms with Crippen LogP contribution in [0, 0.1) is 0 Å². The molecule has 0 radical (unpaired) electrons. The summed E-state index contributed by atoms with van der Waals surface area (Å²) in [5.41, 5.74) is 2.41. The minimum Gasteiger partial charge on any atom is -0.497 e. The SMILES string of the molecule is COc1cccc(CCNC(=O)[C@]2(C/C=C/c3ccccc3)N=C(c3ccc(OCCCO)cc3)O[C@@H]2c2ccc(Br)cc2)c1. The fraction of sp³-hybridized carbons (Fsp3) is 0.243. The topological polar surface area (TPSA) is 89.4 Å². The molecule has 4 aromatic carbocycles. The van der Waals surface area contributed by atoms with Crippen LogP contribution in [0.1, 0.15) is 41.2 Å². The van der Waals surface area contributed by atoms with Gasteiger partial charge in [0.1, 0.15) is 11.5 Å². The molecule has 5 rings (SSSR count). The smallest absolute Gasteiger partial charge is 0.252 e. The lowest BCUT2D eigenvalue weighted by Crippen LogP contribution is -2.48. The highest BCUT2D eigenvalue weighted by Crippen LogP contribution is 2.43. The number of ether oxygens (including phenoxy) is 3. The van der Waals surface area contributed by atoms with Crippen molar-refractivity contribution in [1.29, 1.82) is 0 Å². The number of methoxy groups -OCH3 is 1. The summed E-state index contributed by atoms with van der Waals surface area (Å²) in [7, 11) is 1.64. The number of hydrogen-bond acceptors (Lipinski definition) is 6. The number of rotatable bonds is 14. The van der Waals surface area contributed by atoms with Gasteiger partial charge in [-0.15, -0.1) is 0 Å². The van der Waals surface area contributed by atoms with Gasteiger partial charge in [-0.25, -0.2) is 4.99 Å². The predicted molar refractivity (Wildman–Crippen MR) is 181 cm³/mol. The van der Waals surface area contributed by atoms with Crippen molar-refractivity contribution in [2.24, 2.45) is 4.99 Å². The van der Waals surface area contributed by atoms with Gasteiger partial charge in [0.05, 0.1) is 13.7 Å². The average Bonchev–Trinajstić information content (AvgIpc) is 3.47. The second kappa shape index (κ2) is 15.5. The van der Waals surface area contributed by atoms with Crippen molar-refractivity contribution in [3.63, 3.8) is 0 Å². The van der Waals surface area contributed by atoms with E-state index in [4.69, 9.17) is 24.3 Å². The second-order valence-corrected chi connectivity index (χ2v) is 11.6. The van der Waals surface area contributed by atoms with Crippen LogP contribution < -0.4 is 14.8 Å². The van der Waals surface area contributed by atoms with E-state index in [1.165, 1.54) is 0 Å². The Hall–Kier alpha value is -4.40. The first-order valence-corrected chi connectivity index (χ1v) is 15.8. The minimum atomic E-state index is -1.26. The van der Waals surface area contributed by atoms with Crippen molar-refractivity contribution < 1.29 is 24.1 Å². The Balaban J connectivity index is 1.48. The van der Waals surface area contributed by atoms with Crippen LogP contribution in [0.25, 0.3) is 6.08 Å². The van der Waals surface area contributed by atoms with Gasteiger partial charge in [0.25, 0.3) is 5.91 Å². The van der Waals surface area contributed by atoms with Crippen molar-refractivity contribution in [3.05, 3.63) is 136 Å². The van der Waals surface area contributed by atoms with E-state index in [2.05, 4.69) is 21.2 Å². The lowest BCUT2D eigenvalue weighted by Gasteiger charge is -2.30. The molecule has 0 bridgehead atoms. The summed E-state index contributed by atoms with van der Waals surface area (Å²) in [4.78, 5) is 19.4. The van der Waals surface area contributed by atoms with Crippen molar-refractivity contribution >= 4 is 33.8 Å². The zero-order valence-electron chi connectivity index (χ0n) is 25.2. The van der Waals surface area contributed by atoms with Crippen LogP contribution in [0.3, 0.4) is 0 Å². The van der Waals surface area contributed by atoms with Gasteiger partial charge in [0.2, 0.25) is 5.90 Å². The number of aliphatic hydroxyl groups is 1. The number of hydrogen-bond donors (Lipinski definition) is 2. The van der Waals surface area contributed by atoms with E-state index in [1.807, 2.05) is 115 Å². The van der Waals surface area contributed by atoms with E-state index in [1.54, 1.807) is 7.11 Å². The summed E-state index contributed by atoms with van der Waals surface area (Å²) in [5, 5.41) is 12.2. The summed E-state index contributed by atoms with van der Waals surface area (Å²) in [5.74, 6) is 1.64. The van der Waals surface area contributed by atoms with Crippen LogP contribution in [0.4, 0.5) is 0 Å². The Labute approximate surface area is 272 Å². The molecule has 0 saturated heterocycles. The molecule has 45 heavy (non-hydrogen) atoms. The van der Waals surface area contributed by atoms with Crippen LogP contribution >= 0.6 is 15.9 Å². The zero-order chi connectivity index (χ0) is 31.5. The molecule has 2 atom stereocenters. The summed E-state index contributed by atoms with van der Waals surface area (Å²) in [6.07, 6.45) is 4.85. The molecule has 0 unspecified atom stereocenters. The number of halogens is 1. The normalized spacial score (nSPS) is 17.5. The van der Waals surface area contributed by atoms with Crippen molar-refractivity contribution in [3.8, 4) is 11.5 Å². The Kier molecular flexibility index (Phi) is 11.1. The minimum absolute atomic E-state index is 0.0720. The maximum Gasteiger partial charge on any atom is 0.252 e. The molecule has 0 spiro atoms. The lowest BCUT2D eigenvalue weighted by molar-refractivity contribution is -0.128. The summed E-state index contributed by atoms with van der Waals surface area (Å²) < 4.78 is 18.6. The van der Waals surface area contributed by atoms with E-state index < -0.39 is 11.6 Å². The van der Waals surface area contributed by atoms with Gasteiger partial charge >= 0.3 is 0 Å². The number of nitrogens with zero attached hydrogens (tertiary/aromatic N) is 1.